The lowest BCUT2D eigenvalue weighted by molar-refractivity contribution is 0.284. The highest BCUT2D eigenvalue weighted by atomic mass is 16.5. The molecule has 0 unspecified atom stereocenters. The molecule has 0 N–H and O–H groups in total. The first-order valence-corrected chi connectivity index (χ1v) is 8.58. The summed E-state index contributed by atoms with van der Waals surface area (Å²) in [7, 11) is 4.89. The molecule has 0 saturated carbocycles. The summed E-state index contributed by atoms with van der Waals surface area (Å²) in [5, 5.41) is 0. The number of pyridine rings is 1. The molecule has 0 amide bonds. The van der Waals surface area contributed by atoms with Crippen LogP contribution in [-0.4, -0.2) is 26.3 Å². The van der Waals surface area contributed by atoms with Gasteiger partial charge in [-0.2, -0.15) is 0 Å². The van der Waals surface area contributed by atoms with Gasteiger partial charge >= 0.3 is 0 Å². The predicted molar refractivity (Wildman–Crippen MR) is 105 cm³/mol. The fourth-order valence-electron chi connectivity index (χ4n) is 2.80. The van der Waals surface area contributed by atoms with E-state index in [4.69, 9.17) is 18.9 Å². The zero-order valence-corrected chi connectivity index (χ0v) is 16.0. The number of hydrogen-bond donors (Lipinski definition) is 0. The van der Waals surface area contributed by atoms with E-state index in [0.717, 1.165) is 28.0 Å². The molecule has 0 bridgehead atoms. The smallest absolute Gasteiger partial charge is 0.161 e. The zero-order valence-electron chi connectivity index (χ0n) is 16.0. The second kappa shape index (κ2) is 8.45. The minimum Gasteiger partial charge on any atom is -0.493 e. The Morgan fingerprint density at radius 3 is 2.15 bits per heavy atom. The summed E-state index contributed by atoms with van der Waals surface area (Å²) in [5.74, 6) is 2.81. The maximum absolute atomic E-state index is 5.93. The van der Waals surface area contributed by atoms with Gasteiger partial charge in [-0.05, 0) is 48.4 Å². The van der Waals surface area contributed by atoms with E-state index in [9.17, 15) is 0 Å². The molecule has 27 heavy (non-hydrogen) atoms. The highest BCUT2D eigenvalue weighted by Crippen LogP contribution is 2.33. The largest absolute Gasteiger partial charge is 0.493 e. The minimum atomic E-state index is 0.396. The van der Waals surface area contributed by atoms with Crippen LogP contribution in [0.25, 0.3) is 11.1 Å². The summed E-state index contributed by atoms with van der Waals surface area (Å²) < 4.78 is 22.0. The molecule has 0 aliphatic heterocycles. The summed E-state index contributed by atoms with van der Waals surface area (Å²) in [5.41, 5.74) is 4.06. The van der Waals surface area contributed by atoms with Crippen molar-refractivity contribution in [3.8, 4) is 34.1 Å². The molecule has 1 aromatic heterocycles. The number of rotatable bonds is 7. The van der Waals surface area contributed by atoms with Gasteiger partial charge in [0.25, 0.3) is 0 Å². The zero-order chi connectivity index (χ0) is 19.2. The Hall–Kier alpha value is -3.21. The molecule has 1 heterocycles. The lowest BCUT2D eigenvalue weighted by Gasteiger charge is -2.12. The molecule has 0 fully saturated rings. The Labute approximate surface area is 159 Å². The molecule has 0 aliphatic rings. The molecule has 0 atom stereocenters. The van der Waals surface area contributed by atoms with Gasteiger partial charge in [-0.15, -0.1) is 0 Å². The predicted octanol–water partition coefficient (Wildman–Crippen LogP) is 4.66. The minimum absolute atomic E-state index is 0.396. The molecule has 140 valence electrons. The van der Waals surface area contributed by atoms with Gasteiger partial charge in [-0.3, -0.25) is 4.98 Å². The summed E-state index contributed by atoms with van der Waals surface area (Å²) in [4.78, 5) is 4.34. The summed E-state index contributed by atoms with van der Waals surface area (Å²) in [6.45, 7) is 2.41. The number of hydrogen-bond acceptors (Lipinski definition) is 5. The number of ether oxygens (including phenoxy) is 4. The Bertz CT molecular complexity index is 924. The lowest BCUT2D eigenvalue weighted by Crippen LogP contribution is -1.99. The second-order valence-electron chi connectivity index (χ2n) is 6.09. The quantitative estimate of drug-likeness (QED) is 0.609. The average molecular weight is 365 g/mol. The number of aryl methyl sites for hydroxylation is 1. The van der Waals surface area contributed by atoms with E-state index in [2.05, 4.69) is 11.1 Å². The van der Waals surface area contributed by atoms with E-state index < -0.39 is 0 Å². The fraction of sp³-hybridized carbons (Fsp3) is 0.227. The van der Waals surface area contributed by atoms with Gasteiger partial charge in [0, 0.05) is 23.5 Å². The SMILES string of the molecule is COc1ccc(-c2cncc(COc3ccc(C)cc3OC)c2)cc1OC. The molecular formula is C22H23NO4. The van der Waals surface area contributed by atoms with Crippen LogP contribution in [0, 0.1) is 6.92 Å². The van der Waals surface area contributed by atoms with Crippen LogP contribution >= 0.6 is 0 Å². The van der Waals surface area contributed by atoms with Crippen molar-refractivity contribution in [2.24, 2.45) is 0 Å². The van der Waals surface area contributed by atoms with Gasteiger partial charge in [0.1, 0.15) is 6.61 Å². The van der Waals surface area contributed by atoms with E-state index >= 15 is 0 Å². The van der Waals surface area contributed by atoms with Crippen LogP contribution in [0.2, 0.25) is 0 Å². The van der Waals surface area contributed by atoms with Gasteiger partial charge in [-0.25, -0.2) is 0 Å². The van der Waals surface area contributed by atoms with E-state index in [1.54, 1.807) is 27.5 Å². The van der Waals surface area contributed by atoms with Crippen molar-refractivity contribution < 1.29 is 18.9 Å². The maximum Gasteiger partial charge on any atom is 0.161 e. The van der Waals surface area contributed by atoms with Crippen LogP contribution in [0.15, 0.2) is 54.9 Å². The summed E-state index contributed by atoms with van der Waals surface area (Å²) >= 11 is 0. The third-order valence-corrected chi connectivity index (χ3v) is 4.23. The number of methoxy groups -OCH3 is 3. The molecule has 5 nitrogen and oxygen atoms in total. The fourth-order valence-corrected chi connectivity index (χ4v) is 2.80. The van der Waals surface area contributed by atoms with Crippen molar-refractivity contribution in [1.82, 2.24) is 4.98 Å². The standard InChI is InChI=1S/C22H23NO4/c1-15-5-7-20(21(9-15)25-3)27-14-16-10-18(13-23-12-16)17-6-8-19(24-2)22(11-17)26-4/h5-13H,14H2,1-4H3. The Morgan fingerprint density at radius 2 is 1.41 bits per heavy atom. The van der Waals surface area contributed by atoms with Gasteiger partial charge in [-0.1, -0.05) is 12.1 Å². The molecule has 2 aromatic carbocycles. The Balaban J connectivity index is 1.80. The highest BCUT2D eigenvalue weighted by Gasteiger charge is 2.09. The van der Waals surface area contributed by atoms with Crippen LogP contribution in [0.1, 0.15) is 11.1 Å². The number of benzene rings is 2. The topological polar surface area (TPSA) is 49.8 Å². The molecule has 0 radical (unpaired) electrons. The van der Waals surface area contributed by atoms with E-state index in [0.29, 0.717) is 23.9 Å². The van der Waals surface area contributed by atoms with Crippen molar-refractivity contribution in [1.29, 1.82) is 0 Å². The Morgan fingerprint density at radius 1 is 0.704 bits per heavy atom. The van der Waals surface area contributed by atoms with Crippen LogP contribution in [-0.2, 0) is 6.61 Å². The molecule has 0 saturated heterocycles. The molecular weight excluding hydrogens is 342 g/mol. The van der Waals surface area contributed by atoms with Crippen LogP contribution < -0.4 is 18.9 Å². The van der Waals surface area contributed by atoms with Crippen LogP contribution in [0.5, 0.6) is 23.0 Å². The third kappa shape index (κ3) is 4.31. The lowest BCUT2D eigenvalue weighted by atomic mass is 10.1. The summed E-state index contributed by atoms with van der Waals surface area (Å²) in [6, 6.07) is 13.7. The normalized spacial score (nSPS) is 10.4. The first kappa shape index (κ1) is 18.6. The van der Waals surface area contributed by atoms with Gasteiger partial charge < -0.3 is 18.9 Å². The summed E-state index contributed by atoms with van der Waals surface area (Å²) in [6.07, 6.45) is 3.61. The Kier molecular flexibility index (Phi) is 5.81. The highest BCUT2D eigenvalue weighted by molar-refractivity contribution is 5.67. The van der Waals surface area contributed by atoms with Crippen molar-refractivity contribution in [3.63, 3.8) is 0 Å². The number of nitrogens with zero attached hydrogens (tertiary/aromatic N) is 1. The van der Waals surface area contributed by atoms with Gasteiger partial charge in [0.15, 0.2) is 23.0 Å². The van der Waals surface area contributed by atoms with E-state index in [1.807, 2.05) is 49.5 Å². The van der Waals surface area contributed by atoms with E-state index in [-0.39, 0.29) is 0 Å². The van der Waals surface area contributed by atoms with Crippen LogP contribution in [0.3, 0.4) is 0 Å². The molecule has 3 aromatic rings. The first-order chi connectivity index (χ1) is 13.1. The van der Waals surface area contributed by atoms with Crippen molar-refractivity contribution in [2.45, 2.75) is 13.5 Å². The van der Waals surface area contributed by atoms with Gasteiger partial charge in [0.05, 0.1) is 21.3 Å². The molecule has 5 heteroatoms. The number of aromatic nitrogens is 1. The first-order valence-electron chi connectivity index (χ1n) is 8.58. The van der Waals surface area contributed by atoms with Crippen molar-refractivity contribution in [2.75, 3.05) is 21.3 Å². The second-order valence-corrected chi connectivity index (χ2v) is 6.09. The third-order valence-electron chi connectivity index (χ3n) is 4.23. The maximum atomic E-state index is 5.93. The average Bonchev–Trinajstić information content (AvgIpc) is 2.72. The van der Waals surface area contributed by atoms with Gasteiger partial charge in [0.2, 0.25) is 0 Å². The molecule has 3 rings (SSSR count). The molecule has 0 spiro atoms. The van der Waals surface area contributed by atoms with Crippen LogP contribution in [0.4, 0.5) is 0 Å². The van der Waals surface area contributed by atoms with Crippen molar-refractivity contribution in [3.05, 3.63) is 66.0 Å². The monoisotopic (exact) mass is 365 g/mol. The van der Waals surface area contributed by atoms with Crippen molar-refractivity contribution >= 4 is 0 Å². The van der Waals surface area contributed by atoms with E-state index in [1.165, 1.54) is 0 Å². The molecule has 0 aliphatic carbocycles.